The summed E-state index contributed by atoms with van der Waals surface area (Å²) < 4.78 is 33.4. The zero-order valence-corrected chi connectivity index (χ0v) is 15.2. The van der Waals surface area contributed by atoms with E-state index in [1.54, 1.807) is 9.42 Å². The Hall–Kier alpha value is -3.30. The van der Waals surface area contributed by atoms with Gasteiger partial charge in [-0.3, -0.25) is 4.79 Å². The number of hydrogen-bond donors (Lipinski definition) is 0. The lowest BCUT2D eigenvalue weighted by molar-refractivity contribution is -0.133. The first-order valence-electron chi connectivity index (χ1n) is 8.81. The molecule has 4 rings (SSSR count). The van der Waals surface area contributed by atoms with Crippen LogP contribution in [0.5, 0.6) is 5.75 Å². The largest absolute Gasteiger partial charge is 0.481 e. The average molecular weight is 388 g/mol. The number of aryl methyl sites for hydroxylation is 1. The summed E-state index contributed by atoms with van der Waals surface area (Å²) in [4.78, 5) is 16.1. The fourth-order valence-electron chi connectivity index (χ4n) is 3.06. The van der Waals surface area contributed by atoms with Gasteiger partial charge in [0.05, 0.1) is 0 Å². The first-order valence-corrected chi connectivity index (χ1v) is 8.81. The molecule has 3 heterocycles. The lowest BCUT2D eigenvalue weighted by Gasteiger charge is -2.35. The second-order valence-corrected chi connectivity index (χ2v) is 6.44. The van der Waals surface area contributed by atoms with Crippen LogP contribution >= 0.6 is 0 Å². The summed E-state index contributed by atoms with van der Waals surface area (Å²) in [5, 5.41) is 12.5. The molecule has 0 saturated carbocycles. The number of aromatic nitrogens is 4. The van der Waals surface area contributed by atoms with Crippen LogP contribution in [-0.4, -0.2) is 63.4 Å². The number of fused-ring (bicyclic) bond motifs is 1. The monoisotopic (exact) mass is 388 g/mol. The van der Waals surface area contributed by atoms with Gasteiger partial charge in [-0.1, -0.05) is 0 Å². The van der Waals surface area contributed by atoms with Gasteiger partial charge in [-0.15, -0.1) is 15.3 Å². The van der Waals surface area contributed by atoms with Crippen molar-refractivity contribution in [1.29, 1.82) is 0 Å². The fraction of sp³-hybridized carbons (Fsp3) is 0.333. The number of benzene rings is 1. The van der Waals surface area contributed by atoms with Crippen LogP contribution in [0.2, 0.25) is 0 Å². The molecule has 28 heavy (non-hydrogen) atoms. The van der Waals surface area contributed by atoms with Gasteiger partial charge in [0, 0.05) is 32.2 Å². The number of rotatable bonds is 4. The van der Waals surface area contributed by atoms with E-state index < -0.39 is 11.6 Å². The van der Waals surface area contributed by atoms with Gasteiger partial charge in [0.25, 0.3) is 5.91 Å². The fourth-order valence-corrected chi connectivity index (χ4v) is 3.06. The van der Waals surface area contributed by atoms with E-state index >= 15 is 0 Å². The molecule has 0 spiro atoms. The number of ether oxygens (including phenoxy) is 1. The molecule has 2 aromatic heterocycles. The molecule has 0 bridgehead atoms. The minimum absolute atomic E-state index is 0.143. The average Bonchev–Trinajstić information content (AvgIpc) is 3.07. The zero-order valence-electron chi connectivity index (χ0n) is 15.2. The molecule has 1 amide bonds. The first kappa shape index (κ1) is 18.1. The van der Waals surface area contributed by atoms with Crippen LogP contribution in [0.3, 0.4) is 0 Å². The van der Waals surface area contributed by atoms with E-state index in [0.29, 0.717) is 37.7 Å². The molecule has 1 saturated heterocycles. The third-order valence-corrected chi connectivity index (χ3v) is 4.61. The molecule has 0 unspecified atom stereocenters. The maximum absolute atomic E-state index is 13.6. The number of amides is 1. The summed E-state index contributed by atoms with van der Waals surface area (Å²) in [5.74, 6) is -0.427. The Balaban J connectivity index is 1.34. The molecule has 10 heteroatoms. The Bertz CT molecular complexity index is 1020. The third-order valence-electron chi connectivity index (χ3n) is 4.61. The van der Waals surface area contributed by atoms with Crippen molar-refractivity contribution < 1.29 is 18.3 Å². The summed E-state index contributed by atoms with van der Waals surface area (Å²) >= 11 is 0. The summed E-state index contributed by atoms with van der Waals surface area (Å²) in [5.41, 5.74) is 0.681. The molecule has 0 N–H and O–H groups in total. The first-order chi connectivity index (χ1) is 13.5. The van der Waals surface area contributed by atoms with Crippen molar-refractivity contribution in [3.8, 4) is 5.75 Å². The van der Waals surface area contributed by atoms with E-state index in [-0.39, 0.29) is 18.3 Å². The van der Waals surface area contributed by atoms with Gasteiger partial charge < -0.3 is 14.5 Å². The van der Waals surface area contributed by atoms with Crippen LogP contribution in [0, 0.1) is 18.6 Å². The van der Waals surface area contributed by atoms with Crippen molar-refractivity contribution in [2.45, 2.75) is 6.92 Å². The highest BCUT2D eigenvalue weighted by Crippen LogP contribution is 2.18. The molecule has 146 valence electrons. The lowest BCUT2D eigenvalue weighted by Crippen LogP contribution is -2.50. The summed E-state index contributed by atoms with van der Waals surface area (Å²) in [6, 6.07) is 6.71. The number of carbonyl (C=O) groups is 1. The minimum atomic E-state index is -0.830. The molecule has 8 nitrogen and oxygen atoms in total. The Morgan fingerprint density at radius 3 is 2.64 bits per heavy atom. The minimum Gasteiger partial charge on any atom is -0.481 e. The number of anilines is 1. The maximum Gasteiger partial charge on any atom is 0.260 e. The predicted molar refractivity (Wildman–Crippen MR) is 96.2 cm³/mol. The lowest BCUT2D eigenvalue weighted by atomic mass is 10.3. The van der Waals surface area contributed by atoms with Crippen LogP contribution in [-0.2, 0) is 4.79 Å². The molecule has 1 fully saturated rings. The van der Waals surface area contributed by atoms with Crippen LogP contribution in [0.15, 0.2) is 30.3 Å². The third kappa shape index (κ3) is 3.57. The zero-order chi connectivity index (χ0) is 19.7. The quantitative estimate of drug-likeness (QED) is 0.673. The summed E-state index contributed by atoms with van der Waals surface area (Å²) in [7, 11) is 0. The smallest absolute Gasteiger partial charge is 0.260 e. The van der Waals surface area contributed by atoms with Crippen molar-refractivity contribution in [1.82, 2.24) is 24.7 Å². The Morgan fingerprint density at radius 2 is 1.89 bits per heavy atom. The highest BCUT2D eigenvalue weighted by atomic mass is 19.1. The van der Waals surface area contributed by atoms with Crippen LogP contribution in [0.25, 0.3) is 5.65 Å². The second kappa shape index (κ2) is 7.37. The molecule has 0 aliphatic carbocycles. The molecular weight excluding hydrogens is 370 g/mol. The summed E-state index contributed by atoms with van der Waals surface area (Å²) in [6.45, 7) is 3.74. The van der Waals surface area contributed by atoms with Gasteiger partial charge in [0.2, 0.25) is 0 Å². The Morgan fingerprint density at radius 1 is 1.11 bits per heavy atom. The van der Waals surface area contributed by atoms with Crippen LogP contribution in [0.1, 0.15) is 5.82 Å². The predicted octanol–water partition coefficient (Wildman–Crippen LogP) is 1.44. The Labute approximate surface area is 159 Å². The topological polar surface area (TPSA) is 75.9 Å². The standard InChI is InChI=1S/C18H18F2N6O2/c1-12-21-22-16-4-5-17(23-26(12)16)24-6-8-25(9-7-24)18(27)11-28-15-3-2-13(19)10-14(15)20/h2-5,10H,6-9,11H2,1H3. The SMILES string of the molecule is Cc1nnc2ccc(N3CCN(C(=O)COc4ccc(F)cc4F)CC3)nn12. The van der Waals surface area contributed by atoms with Gasteiger partial charge in [0.1, 0.15) is 11.6 Å². The highest BCUT2D eigenvalue weighted by molar-refractivity contribution is 5.78. The molecule has 1 aromatic carbocycles. The number of carbonyl (C=O) groups excluding carboxylic acids is 1. The molecule has 3 aromatic rings. The van der Waals surface area contributed by atoms with Crippen LogP contribution in [0.4, 0.5) is 14.6 Å². The van der Waals surface area contributed by atoms with Crippen molar-refractivity contribution >= 4 is 17.4 Å². The van der Waals surface area contributed by atoms with Gasteiger partial charge in [-0.25, -0.2) is 8.78 Å². The van der Waals surface area contributed by atoms with Gasteiger partial charge in [0.15, 0.2) is 29.6 Å². The molecular formula is C18H18F2N6O2. The second-order valence-electron chi connectivity index (χ2n) is 6.44. The molecule has 1 aliphatic heterocycles. The van der Waals surface area contributed by atoms with Crippen molar-refractivity contribution in [2.24, 2.45) is 0 Å². The number of piperazine rings is 1. The Kier molecular flexibility index (Phi) is 4.76. The van der Waals surface area contributed by atoms with E-state index in [9.17, 15) is 13.6 Å². The highest BCUT2D eigenvalue weighted by Gasteiger charge is 2.23. The van der Waals surface area contributed by atoms with Gasteiger partial charge in [-0.05, 0) is 31.2 Å². The normalized spacial score (nSPS) is 14.5. The van der Waals surface area contributed by atoms with E-state index in [4.69, 9.17) is 4.74 Å². The molecule has 0 radical (unpaired) electrons. The van der Waals surface area contributed by atoms with Crippen molar-refractivity contribution in [3.63, 3.8) is 0 Å². The number of nitrogens with zero attached hydrogens (tertiary/aromatic N) is 6. The van der Waals surface area contributed by atoms with Crippen molar-refractivity contribution in [3.05, 3.63) is 47.8 Å². The van der Waals surface area contributed by atoms with E-state index in [1.165, 1.54) is 6.07 Å². The van der Waals surface area contributed by atoms with Crippen molar-refractivity contribution in [2.75, 3.05) is 37.7 Å². The van der Waals surface area contributed by atoms with Crippen LogP contribution < -0.4 is 9.64 Å². The summed E-state index contributed by atoms with van der Waals surface area (Å²) in [6.07, 6.45) is 0. The molecule has 1 aliphatic rings. The maximum atomic E-state index is 13.6. The van der Waals surface area contributed by atoms with E-state index in [0.717, 1.165) is 18.0 Å². The van der Waals surface area contributed by atoms with E-state index in [2.05, 4.69) is 20.2 Å². The number of halogens is 2. The van der Waals surface area contributed by atoms with Gasteiger partial charge in [-0.2, -0.15) is 4.52 Å². The van der Waals surface area contributed by atoms with Gasteiger partial charge >= 0.3 is 0 Å². The van der Waals surface area contributed by atoms with E-state index in [1.807, 2.05) is 19.1 Å². The molecule has 0 atom stereocenters. The number of hydrogen-bond acceptors (Lipinski definition) is 6.